The fourth-order valence-electron chi connectivity index (χ4n) is 2.54. The van der Waals surface area contributed by atoms with Gasteiger partial charge in [0.2, 0.25) is 0 Å². The molecule has 0 aliphatic heterocycles. The number of rotatable bonds is 8. The van der Waals surface area contributed by atoms with E-state index in [0.717, 1.165) is 42.5 Å². The zero-order valence-electron chi connectivity index (χ0n) is 15.0. The van der Waals surface area contributed by atoms with E-state index >= 15 is 0 Å². The Kier molecular flexibility index (Phi) is 6.84. The van der Waals surface area contributed by atoms with Gasteiger partial charge in [0.05, 0.1) is 24.5 Å². The van der Waals surface area contributed by atoms with Crippen molar-refractivity contribution in [3.8, 4) is 0 Å². The lowest BCUT2D eigenvalue weighted by Crippen LogP contribution is -2.36. The first-order valence-corrected chi connectivity index (χ1v) is 8.62. The van der Waals surface area contributed by atoms with Crippen molar-refractivity contribution >= 4 is 5.96 Å². The Bertz CT molecular complexity index is 641. The van der Waals surface area contributed by atoms with Gasteiger partial charge in [-0.15, -0.1) is 0 Å². The summed E-state index contributed by atoms with van der Waals surface area (Å²) in [5.74, 6) is 2.04. The van der Waals surface area contributed by atoms with Crippen LogP contribution in [0.15, 0.2) is 27.8 Å². The van der Waals surface area contributed by atoms with Crippen molar-refractivity contribution in [3.05, 3.63) is 35.5 Å². The Morgan fingerprint density at radius 2 is 2.08 bits per heavy atom. The Hall–Kier alpha value is -2.31. The van der Waals surface area contributed by atoms with Gasteiger partial charge in [-0.3, -0.25) is 4.68 Å². The van der Waals surface area contributed by atoms with E-state index < -0.39 is 0 Å². The first kappa shape index (κ1) is 18.0. The second-order valence-corrected chi connectivity index (χ2v) is 5.73. The minimum Gasteiger partial charge on any atom is -0.359 e. The second-order valence-electron chi connectivity index (χ2n) is 5.73. The number of aliphatic imine (C=N–C) groups is 1. The Morgan fingerprint density at radius 1 is 1.29 bits per heavy atom. The van der Waals surface area contributed by atoms with E-state index in [0.29, 0.717) is 19.0 Å². The molecule has 2 aromatic rings. The summed E-state index contributed by atoms with van der Waals surface area (Å²) >= 11 is 0. The van der Waals surface area contributed by atoms with Gasteiger partial charge in [0, 0.05) is 31.8 Å². The summed E-state index contributed by atoms with van der Waals surface area (Å²) in [6.45, 7) is 8.32. The monoisotopic (exact) mass is 332 g/mol. The first-order valence-electron chi connectivity index (χ1n) is 8.62. The van der Waals surface area contributed by atoms with Crippen LogP contribution in [0.3, 0.4) is 0 Å². The second kappa shape index (κ2) is 9.10. The predicted molar refractivity (Wildman–Crippen MR) is 94.7 cm³/mol. The molecule has 2 aromatic heterocycles. The minimum absolute atomic E-state index is 0.467. The molecule has 0 unspecified atom stereocenters. The average molecular weight is 332 g/mol. The number of hydrogen-bond acceptors (Lipinski definition) is 4. The van der Waals surface area contributed by atoms with Crippen LogP contribution in [-0.2, 0) is 20.1 Å². The van der Waals surface area contributed by atoms with E-state index in [-0.39, 0.29) is 0 Å². The summed E-state index contributed by atoms with van der Waals surface area (Å²) in [6, 6.07) is 4.00. The van der Waals surface area contributed by atoms with Crippen molar-refractivity contribution in [2.24, 2.45) is 12.0 Å². The van der Waals surface area contributed by atoms with E-state index in [1.165, 1.54) is 0 Å². The number of nitrogens with zero attached hydrogens (tertiary/aromatic N) is 4. The smallest absolute Gasteiger partial charge is 0.192 e. The maximum absolute atomic E-state index is 5.44. The molecule has 0 radical (unpaired) electrons. The van der Waals surface area contributed by atoms with E-state index in [4.69, 9.17) is 4.52 Å². The lowest BCUT2D eigenvalue weighted by molar-refractivity contribution is 0.368. The third-order valence-corrected chi connectivity index (χ3v) is 4.08. The highest BCUT2D eigenvalue weighted by Gasteiger charge is 2.13. The minimum atomic E-state index is 0.467. The van der Waals surface area contributed by atoms with E-state index in [9.17, 15) is 0 Å². The molecule has 132 valence electrons. The molecule has 0 saturated carbocycles. The largest absolute Gasteiger partial charge is 0.359 e. The van der Waals surface area contributed by atoms with Crippen molar-refractivity contribution in [1.82, 2.24) is 25.6 Å². The number of aryl methyl sites for hydroxylation is 1. The highest BCUT2D eigenvalue weighted by molar-refractivity contribution is 5.79. The molecule has 24 heavy (non-hydrogen) atoms. The fourth-order valence-corrected chi connectivity index (χ4v) is 2.54. The third-order valence-electron chi connectivity index (χ3n) is 4.08. The number of nitrogens with one attached hydrogen (secondary N) is 2. The molecule has 2 heterocycles. The molecular formula is C17H28N6O. The van der Waals surface area contributed by atoms with Crippen molar-refractivity contribution in [1.29, 1.82) is 0 Å². The van der Waals surface area contributed by atoms with Gasteiger partial charge in [0.15, 0.2) is 11.7 Å². The van der Waals surface area contributed by atoms with Gasteiger partial charge in [-0.1, -0.05) is 19.0 Å². The summed E-state index contributed by atoms with van der Waals surface area (Å²) in [7, 11) is 1.92. The molecule has 0 saturated heterocycles. The van der Waals surface area contributed by atoms with Crippen LogP contribution in [0.2, 0.25) is 0 Å². The molecule has 0 aromatic carbocycles. The standard InChI is InChI=1S/C17H28N6O/c1-5-13(6-2)16-10-15(24-22-16)12-20-17(18-7-3)19-11-14-8-9-21-23(14)4/h8-10,13H,5-7,11-12H2,1-4H3,(H2,18,19,20). The van der Waals surface area contributed by atoms with Crippen molar-refractivity contribution in [2.45, 2.75) is 52.6 Å². The van der Waals surface area contributed by atoms with Gasteiger partial charge in [0.1, 0.15) is 0 Å². The first-order chi connectivity index (χ1) is 11.7. The van der Waals surface area contributed by atoms with Crippen molar-refractivity contribution < 1.29 is 4.52 Å². The number of guanidine groups is 1. The topological polar surface area (TPSA) is 80.3 Å². The zero-order chi connectivity index (χ0) is 17.4. The van der Waals surface area contributed by atoms with Crippen molar-refractivity contribution in [2.75, 3.05) is 6.54 Å². The van der Waals surface area contributed by atoms with Crippen molar-refractivity contribution in [3.63, 3.8) is 0 Å². The third kappa shape index (κ3) is 4.84. The molecular weight excluding hydrogens is 304 g/mol. The molecule has 0 spiro atoms. The summed E-state index contributed by atoms with van der Waals surface area (Å²) in [5.41, 5.74) is 2.09. The molecule has 7 nitrogen and oxygen atoms in total. The Balaban J connectivity index is 1.95. The van der Waals surface area contributed by atoms with Crippen LogP contribution in [0.4, 0.5) is 0 Å². The summed E-state index contributed by atoms with van der Waals surface area (Å²) in [5, 5.41) is 14.9. The Labute approximate surface area is 143 Å². The normalized spacial score (nSPS) is 12.0. The van der Waals surface area contributed by atoms with Gasteiger partial charge in [0.25, 0.3) is 0 Å². The van der Waals surface area contributed by atoms with Crippen LogP contribution in [0.1, 0.15) is 56.7 Å². The summed E-state index contributed by atoms with van der Waals surface area (Å²) < 4.78 is 7.26. The molecule has 0 aliphatic rings. The van der Waals surface area contributed by atoms with Gasteiger partial charge in [-0.05, 0) is 25.8 Å². The molecule has 0 atom stereocenters. The van der Waals surface area contributed by atoms with Gasteiger partial charge < -0.3 is 15.2 Å². The molecule has 7 heteroatoms. The fraction of sp³-hybridized carbons (Fsp3) is 0.588. The average Bonchev–Trinajstić information content (AvgIpc) is 3.21. The van der Waals surface area contributed by atoms with Gasteiger partial charge in [-0.25, -0.2) is 4.99 Å². The van der Waals surface area contributed by atoms with Gasteiger partial charge >= 0.3 is 0 Å². The van der Waals surface area contributed by atoms with Crippen LogP contribution in [0.5, 0.6) is 0 Å². The maximum Gasteiger partial charge on any atom is 0.192 e. The van der Waals surface area contributed by atoms with Crippen LogP contribution in [-0.4, -0.2) is 27.4 Å². The summed E-state index contributed by atoms with van der Waals surface area (Å²) in [4.78, 5) is 4.58. The summed E-state index contributed by atoms with van der Waals surface area (Å²) in [6.07, 6.45) is 3.93. The van der Waals surface area contributed by atoms with Crippen LogP contribution >= 0.6 is 0 Å². The molecule has 2 rings (SSSR count). The van der Waals surface area contributed by atoms with Crippen LogP contribution < -0.4 is 10.6 Å². The number of hydrogen-bond donors (Lipinski definition) is 2. The van der Waals surface area contributed by atoms with E-state index in [1.54, 1.807) is 6.20 Å². The molecule has 0 fully saturated rings. The molecule has 0 aliphatic carbocycles. The van der Waals surface area contributed by atoms with E-state index in [2.05, 4.69) is 39.7 Å². The lowest BCUT2D eigenvalue weighted by atomic mass is 9.99. The lowest BCUT2D eigenvalue weighted by Gasteiger charge is -2.10. The molecule has 0 bridgehead atoms. The maximum atomic E-state index is 5.44. The van der Waals surface area contributed by atoms with Crippen LogP contribution in [0.25, 0.3) is 0 Å². The Morgan fingerprint density at radius 3 is 2.71 bits per heavy atom. The van der Waals surface area contributed by atoms with Gasteiger partial charge in [-0.2, -0.15) is 5.10 Å². The SMILES string of the molecule is CCNC(=NCc1ccnn1C)NCc1cc(C(CC)CC)no1. The van der Waals surface area contributed by atoms with Crippen LogP contribution in [0, 0.1) is 0 Å². The highest BCUT2D eigenvalue weighted by Crippen LogP contribution is 2.22. The number of aromatic nitrogens is 3. The predicted octanol–water partition coefficient (Wildman–Crippen LogP) is 2.57. The zero-order valence-corrected chi connectivity index (χ0v) is 15.0. The quantitative estimate of drug-likeness (QED) is 0.574. The van der Waals surface area contributed by atoms with E-state index in [1.807, 2.05) is 30.8 Å². The molecule has 0 amide bonds. The molecule has 2 N–H and O–H groups in total. The highest BCUT2D eigenvalue weighted by atomic mass is 16.5.